The first-order valence-electron chi connectivity index (χ1n) is 18.1. The molecule has 11 nitrogen and oxygen atoms in total. The van der Waals surface area contributed by atoms with Gasteiger partial charge in [-0.25, -0.2) is 22.4 Å². The van der Waals surface area contributed by atoms with Crippen LogP contribution < -0.4 is 10.1 Å². The van der Waals surface area contributed by atoms with E-state index in [1.54, 1.807) is 63.9 Å². The van der Waals surface area contributed by atoms with Crippen LogP contribution in [0.4, 0.5) is 5.69 Å². The van der Waals surface area contributed by atoms with E-state index in [9.17, 15) is 18.0 Å². The SMILES string of the molecule is COc1ccc(NC(=O)CCN2CCc3c(C)cc(-c4cnc5c(n4)c(-c4ccc(C(=O)N(C)C)c(C)c4)cn5S(=O)(=O)c4ccc(C)cc4)cc3C2)cc1. The number of aryl methyl sites for hydroxylation is 3. The maximum absolute atomic E-state index is 14.1. The number of nitrogens with one attached hydrogen (secondary N) is 1. The van der Waals surface area contributed by atoms with E-state index < -0.39 is 10.0 Å². The Balaban J connectivity index is 1.22. The van der Waals surface area contributed by atoms with Gasteiger partial charge in [0.25, 0.3) is 15.9 Å². The van der Waals surface area contributed by atoms with Gasteiger partial charge in [0.1, 0.15) is 11.3 Å². The molecule has 1 aliphatic heterocycles. The zero-order chi connectivity index (χ0) is 39.0. The van der Waals surface area contributed by atoms with Crippen molar-refractivity contribution in [3.05, 3.63) is 125 Å². The first-order chi connectivity index (χ1) is 26.3. The Kier molecular flexibility index (Phi) is 10.3. The van der Waals surface area contributed by atoms with Crippen molar-refractivity contribution in [2.45, 2.75) is 45.1 Å². The monoisotopic (exact) mass is 756 g/mol. The molecule has 2 amide bonds. The van der Waals surface area contributed by atoms with E-state index in [4.69, 9.17) is 14.7 Å². The van der Waals surface area contributed by atoms with Crippen molar-refractivity contribution in [2.24, 2.45) is 0 Å². The van der Waals surface area contributed by atoms with Crippen LogP contribution in [-0.4, -0.2) is 78.3 Å². The molecule has 0 spiro atoms. The molecule has 3 heterocycles. The third kappa shape index (κ3) is 7.60. The number of hydrogen-bond donors (Lipinski definition) is 1. The lowest BCUT2D eigenvalue weighted by Crippen LogP contribution is -2.33. The number of amides is 2. The maximum atomic E-state index is 14.1. The van der Waals surface area contributed by atoms with Gasteiger partial charge in [0, 0.05) is 68.7 Å². The van der Waals surface area contributed by atoms with Crippen molar-refractivity contribution in [1.82, 2.24) is 23.7 Å². The molecular weight excluding hydrogens is 713 g/mol. The van der Waals surface area contributed by atoms with E-state index in [0.29, 0.717) is 41.8 Å². The Hall–Kier alpha value is -5.85. The minimum absolute atomic E-state index is 0.0502. The summed E-state index contributed by atoms with van der Waals surface area (Å²) in [7, 11) is 0.992. The van der Waals surface area contributed by atoms with Gasteiger partial charge in [0.2, 0.25) is 5.91 Å². The van der Waals surface area contributed by atoms with E-state index in [-0.39, 0.29) is 22.4 Å². The van der Waals surface area contributed by atoms with Crippen LogP contribution in [0, 0.1) is 20.8 Å². The fraction of sp³-hybridized carbons (Fsp3) is 0.256. The second kappa shape index (κ2) is 15.1. The zero-order valence-corrected chi connectivity index (χ0v) is 32.7. The van der Waals surface area contributed by atoms with Crippen molar-refractivity contribution >= 4 is 38.7 Å². The number of hydrogen-bond acceptors (Lipinski definition) is 8. The highest BCUT2D eigenvalue weighted by Crippen LogP contribution is 2.35. The van der Waals surface area contributed by atoms with Gasteiger partial charge in [-0.15, -0.1) is 0 Å². The van der Waals surface area contributed by atoms with Crippen molar-refractivity contribution in [2.75, 3.05) is 39.6 Å². The molecule has 7 rings (SSSR count). The highest BCUT2D eigenvalue weighted by molar-refractivity contribution is 7.90. The van der Waals surface area contributed by atoms with Crippen LogP contribution in [0.5, 0.6) is 5.75 Å². The zero-order valence-electron chi connectivity index (χ0n) is 31.9. The summed E-state index contributed by atoms with van der Waals surface area (Å²) >= 11 is 0. The van der Waals surface area contributed by atoms with Gasteiger partial charge in [-0.2, -0.15) is 0 Å². The minimum Gasteiger partial charge on any atom is -0.497 e. The van der Waals surface area contributed by atoms with E-state index in [1.807, 2.05) is 50.2 Å². The van der Waals surface area contributed by atoms with Crippen LogP contribution in [0.2, 0.25) is 0 Å². The van der Waals surface area contributed by atoms with Crippen molar-refractivity contribution in [1.29, 1.82) is 0 Å². The lowest BCUT2D eigenvalue weighted by atomic mass is 9.92. The highest BCUT2D eigenvalue weighted by Gasteiger charge is 2.26. The quantitative estimate of drug-likeness (QED) is 0.158. The molecule has 0 unspecified atom stereocenters. The topological polar surface area (TPSA) is 127 Å². The molecule has 0 fully saturated rings. The van der Waals surface area contributed by atoms with Crippen LogP contribution >= 0.6 is 0 Å². The number of anilines is 1. The van der Waals surface area contributed by atoms with Crippen LogP contribution in [0.25, 0.3) is 33.5 Å². The van der Waals surface area contributed by atoms with Gasteiger partial charge >= 0.3 is 0 Å². The molecule has 0 radical (unpaired) electrons. The summed E-state index contributed by atoms with van der Waals surface area (Å²) in [5.41, 5.74) is 10.0. The lowest BCUT2D eigenvalue weighted by Gasteiger charge is -2.30. The Morgan fingerprint density at radius 3 is 2.33 bits per heavy atom. The number of rotatable bonds is 10. The van der Waals surface area contributed by atoms with Gasteiger partial charge in [0.15, 0.2) is 5.65 Å². The first kappa shape index (κ1) is 37.5. The normalized spacial score (nSPS) is 13.1. The Bertz CT molecular complexity index is 2540. The molecule has 282 valence electrons. The van der Waals surface area contributed by atoms with Crippen molar-refractivity contribution in [3.8, 4) is 28.1 Å². The molecule has 0 saturated carbocycles. The fourth-order valence-corrected chi connectivity index (χ4v) is 8.42. The number of carbonyl (C=O) groups is 2. The molecule has 6 aromatic rings. The van der Waals surface area contributed by atoms with Crippen LogP contribution in [0.15, 0.2) is 96.2 Å². The molecule has 0 saturated heterocycles. The third-order valence-electron chi connectivity index (χ3n) is 10.2. The van der Waals surface area contributed by atoms with Crippen molar-refractivity contribution < 1.29 is 22.7 Å². The second-order valence-corrected chi connectivity index (χ2v) is 16.1. The first-order valence-corrected chi connectivity index (χ1v) is 19.6. The molecule has 55 heavy (non-hydrogen) atoms. The number of nitrogens with zero attached hydrogens (tertiary/aromatic N) is 5. The van der Waals surface area contributed by atoms with E-state index in [1.165, 1.54) is 14.4 Å². The van der Waals surface area contributed by atoms with Crippen molar-refractivity contribution in [3.63, 3.8) is 0 Å². The molecular formula is C43H44N6O5S. The number of methoxy groups -OCH3 is 1. The summed E-state index contributed by atoms with van der Waals surface area (Å²) in [5.74, 6) is 0.564. The van der Waals surface area contributed by atoms with Crippen LogP contribution in [-0.2, 0) is 27.8 Å². The molecule has 2 aromatic heterocycles. The molecule has 12 heteroatoms. The van der Waals surface area contributed by atoms with E-state index in [0.717, 1.165) is 57.8 Å². The van der Waals surface area contributed by atoms with Crippen LogP contribution in [0.1, 0.15) is 44.6 Å². The summed E-state index contributed by atoms with van der Waals surface area (Å²) in [4.78, 5) is 39.4. The number of aromatic nitrogens is 3. The van der Waals surface area contributed by atoms with E-state index in [2.05, 4.69) is 29.3 Å². The average molecular weight is 757 g/mol. The molecule has 1 N–H and O–H groups in total. The summed E-state index contributed by atoms with van der Waals surface area (Å²) in [6, 6.07) is 23.7. The van der Waals surface area contributed by atoms with Gasteiger partial charge in [0.05, 0.1) is 23.9 Å². The minimum atomic E-state index is -4.03. The number of benzene rings is 4. The van der Waals surface area contributed by atoms with E-state index >= 15 is 0 Å². The standard InChI is InChI=1S/C43H44N6O5S/c1-27-7-14-35(15-8-27)55(52,53)49-26-38(30-9-16-37(29(3)21-30)43(51)47(4)5)41-42(49)44-24-39(46-41)31-22-28(2)36-17-19-48(25-32(36)23-31)20-18-40(50)45-33-10-12-34(54-6)13-11-33/h7-16,21-24,26H,17-20,25H2,1-6H3,(H,45,50). The van der Waals surface area contributed by atoms with Gasteiger partial charge in [-0.05, 0) is 110 Å². The summed E-state index contributed by atoms with van der Waals surface area (Å²) in [6.07, 6.45) is 4.42. The predicted octanol–water partition coefficient (Wildman–Crippen LogP) is 7.02. The van der Waals surface area contributed by atoms with Gasteiger partial charge in [-0.1, -0.05) is 29.8 Å². The van der Waals surface area contributed by atoms with Gasteiger partial charge < -0.3 is 15.0 Å². The number of carbonyl (C=O) groups excluding carboxylic acids is 2. The van der Waals surface area contributed by atoms with Crippen LogP contribution in [0.3, 0.4) is 0 Å². The highest BCUT2D eigenvalue weighted by atomic mass is 32.2. The second-order valence-electron chi connectivity index (χ2n) is 14.3. The smallest absolute Gasteiger partial charge is 0.269 e. The Labute approximate surface area is 321 Å². The average Bonchev–Trinajstić information content (AvgIpc) is 3.57. The maximum Gasteiger partial charge on any atom is 0.269 e. The number of fused-ring (bicyclic) bond motifs is 2. The third-order valence-corrected chi connectivity index (χ3v) is 11.8. The summed E-state index contributed by atoms with van der Waals surface area (Å²) in [6.45, 7) is 8.01. The molecule has 1 aliphatic rings. The summed E-state index contributed by atoms with van der Waals surface area (Å²) < 4.78 is 34.6. The largest absolute Gasteiger partial charge is 0.497 e. The molecule has 0 aliphatic carbocycles. The molecule has 4 aromatic carbocycles. The molecule has 0 bridgehead atoms. The molecule has 0 atom stereocenters. The predicted molar refractivity (Wildman–Crippen MR) is 215 cm³/mol. The Morgan fingerprint density at radius 2 is 1.64 bits per heavy atom. The fourth-order valence-electron chi connectivity index (χ4n) is 7.11. The lowest BCUT2D eigenvalue weighted by molar-refractivity contribution is -0.116. The van der Waals surface area contributed by atoms with Gasteiger partial charge in [-0.3, -0.25) is 14.5 Å². The Morgan fingerprint density at radius 1 is 0.909 bits per heavy atom. The number of ether oxygens (including phenoxy) is 1. The summed E-state index contributed by atoms with van der Waals surface area (Å²) in [5, 5.41) is 2.97.